The first kappa shape index (κ1) is 16.5. The largest absolute Gasteiger partial charge is 0.496 e. The number of carbonyl (C=O) groups excluding carboxylic acids is 1. The Kier molecular flexibility index (Phi) is 5.13. The van der Waals surface area contributed by atoms with Gasteiger partial charge in [-0.25, -0.2) is 4.98 Å². The third kappa shape index (κ3) is 3.93. The minimum atomic E-state index is -0.162. The molecule has 0 spiro atoms. The molecule has 0 aliphatic heterocycles. The van der Waals surface area contributed by atoms with Crippen molar-refractivity contribution in [2.75, 3.05) is 12.4 Å². The molecule has 6 heteroatoms. The van der Waals surface area contributed by atoms with Gasteiger partial charge in [0.15, 0.2) is 5.13 Å². The van der Waals surface area contributed by atoms with Gasteiger partial charge in [-0.2, -0.15) is 0 Å². The minimum absolute atomic E-state index is 0.162. The molecule has 1 heterocycles. The van der Waals surface area contributed by atoms with Crippen LogP contribution in [0.5, 0.6) is 5.75 Å². The molecular weight excluding hydrogens is 344 g/mol. The molecule has 2 aromatic carbocycles. The number of nitrogens with one attached hydrogen (secondary N) is 1. The maximum atomic E-state index is 12.3. The molecule has 0 unspecified atom stereocenters. The van der Waals surface area contributed by atoms with Gasteiger partial charge in [0.1, 0.15) is 5.75 Å². The molecule has 1 amide bonds. The van der Waals surface area contributed by atoms with Crippen LogP contribution in [0.1, 0.15) is 5.56 Å². The summed E-state index contributed by atoms with van der Waals surface area (Å²) >= 11 is 7.39. The quantitative estimate of drug-likeness (QED) is 0.722. The van der Waals surface area contributed by atoms with E-state index in [0.29, 0.717) is 15.9 Å². The standard InChI is InChI=1S/C18H15ClN2O2S/c1-23-16-8-7-14(19)9-13(16)10-17(22)21-18-20-15(11-24-18)12-5-3-2-4-6-12/h2-9,11H,10H2,1H3,(H,20,21,22). The second kappa shape index (κ2) is 7.47. The Labute approximate surface area is 149 Å². The average Bonchev–Trinajstić information content (AvgIpc) is 3.04. The number of hydrogen-bond acceptors (Lipinski definition) is 4. The highest BCUT2D eigenvalue weighted by Gasteiger charge is 2.12. The number of thiazole rings is 1. The van der Waals surface area contributed by atoms with Crippen molar-refractivity contribution in [2.45, 2.75) is 6.42 Å². The van der Waals surface area contributed by atoms with E-state index in [1.165, 1.54) is 11.3 Å². The summed E-state index contributed by atoms with van der Waals surface area (Å²) < 4.78 is 5.26. The number of benzene rings is 2. The van der Waals surface area contributed by atoms with E-state index in [4.69, 9.17) is 16.3 Å². The first-order valence-corrected chi connectivity index (χ1v) is 8.54. The highest BCUT2D eigenvalue weighted by Crippen LogP contribution is 2.26. The summed E-state index contributed by atoms with van der Waals surface area (Å²) in [5, 5.41) is 5.88. The number of amides is 1. The molecule has 24 heavy (non-hydrogen) atoms. The Bertz CT molecular complexity index is 849. The highest BCUT2D eigenvalue weighted by atomic mass is 35.5. The first-order chi connectivity index (χ1) is 11.7. The van der Waals surface area contributed by atoms with E-state index in [2.05, 4.69) is 10.3 Å². The Hall–Kier alpha value is -2.37. The molecular formula is C18H15ClN2O2S. The van der Waals surface area contributed by atoms with Crippen molar-refractivity contribution < 1.29 is 9.53 Å². The number of hydrogen-bond donors (Lipinski definition) is 1. The zero-order chi connectivity index (χ0) is 16.9. The van der Waals surface area contributed by atoms with Crippen molar-refractivity contribution in [1.29, 1.82) is 0 Å². The Morgan fingerprint density at radius 2 is 2.04 bits per heavy atom. The number of ether oxygens (including phenoxy) is 1. The minimum Gasteiger partial charge on any atom is -0.496 e. The summed E-state index contributed by atoms with van der Waals surface area (Å²) in [5.74, 6) is 0.475. The fourth-order valence-electron chi connectivity index (χ4n) is 2.29. The molecule has 0 atom stereocenters. The van der Waals surface area contributed by atoms with E-state index in [1.54, 1.807) is 25.3 Å². The predicted molar refractivity (Wildman–Crippen MR) is 97.9 cm³/mol. The summed E-state index contributed by atoms with van der Waals surface area (Å²) in [7, 11) is 1.57. The summed E-state index contributed by atoms with van der Waals surface area (Å²) in [6.07, 6.45) is 0.171. The number of anilines is 1. The van der Waals surface area contributed by atoms with Gasteiger partial charge in [-0.1, -0.05) is 41.9 Å². The van der Waals surface area contributed by atoms with Crippen molar-refractivity contribution in [3.8, 4) is 17.0 Å². The molecule has 4 nitrogen and oxygen atoms in total. The normalized spacial score (nSPS) is 10.4. The molecule has 0 saturated carbocycles. The number of rotatable bonds is 5. The van der Waals surface area contributed by atoms with Crippen LogP contribution in [0.2, 0.25) is 5.02 Å². The Balaban J connectivity index is 1.70. The summed E-state index contributed by atoms with van der Waals surface area (Å²) in [5.41, 5.74) is 2.60. The van der Waals surface area contributed by atoms with Gasteiger partial charge in [0.25, 0.3) is 0 Å². The van der Waals surface area contributed by atoms with Gasteiger partial charge in [0.2, 0.25) is 5.91 Å². The zero-order valence-corrected chi connectivity index (χ0v) is 14.5. The molecule has 3 rings (SSSR count). The fraction of sp³-hybridized carbons (Fsp3) is 0.111. The molecule has 1 N–H and O–H groups in total. The lowest BCUT2D eigenvalue weighted by atomic mass is 10.1. The van der Waals surface area contributed by atoms with E-state index >= 15 is 0 Å². The number of halogens is 1. The molecule has 0 bridgehead atoms. The second-order valence-corrected chi connectivity index (χ2v) is 6.38. The van der Waals surface area contributed by atoms with Crippen molar-refractivity contribution >= 4 is 34.0 Å². The van der Waals surface area contributed by atoms with E-state index in [0.717, 1.165) is 16.8 Å². The van der Waals surface area contributed by atoms with Crippen LogP contribution in [0.15, 0.2) is 53.9 Å². The smallest absolute Gasteiger partial charge is 0.230 e. The van der Waals surface area contributed by atoms with Crippen LogP contribution in [0.4, 0.5) is 5.13 Å². The molecule has 0 aliphatic rings. The number of carbonyl (C=O) groups is 1. The number of aromatic nitrogens is 1. The van der Waals surface area contributed by atoms with Crippen molar-refractivity contribution in [3.63, 3.8) is 0 Å². The number of nitrogens with zero attached hydrogens (tertiary/aromatic N) is 1. The molecule has 0 radical (unpaired) electrons. The molecule has 122 valence electrons. The van der Waals surface area contributed by atoms with Crippen LogP contribution in [0.3, 0.4) is 0 Å². The van der Waals surface area contributed by atoms with E-state index in [9.17, 15) is 4.79 Å². The lowest BCUT2D eigenvalue weighted by molar-refractivity contribution is -0.115. The predicted octanol–water partition coefficient (Wildman–Crippen LogP) is 4.65. The zero-order valence-electron chi connectivity index (χ0n) is 13.0. The molecule has 0 fully saturated rings. The number of methoxy groups -OCH3 is 1. The molecule has 3 aromatic rings. The van der Waals surface area contributed by atoms with Gasteiger partial charge in [0.05, 0.1) is 19.2 Å². The van der Waals surface area contributed by atoms with Crippen molar-refractivity contribution in [2.24, 2.45) is 0 Å². The van der Waals surface area contributed by atoms with Crippen LogP contribution >= 0.6 is 22.9 Å². The lowest BCUT2D eigenvalue weighted by Crippen LogP contribution is -2.14. The molecule has 1 aromatic heterocycles. The van der Waals surface area contributed by atoms with Gasteiger partial charge in [-0.15, -0.1) is 11.3 Å². The second-order valence-electron chi connectivity index (χ2n) is 5.09. The third-order valence-electron chi connectivity index (χ3n) is 3.41. The maximum Gasteiger partial charge on any atom is 0.230 e. The van der Waals surface area contributed by atoms with Crippen LogP contribution in [-0.2, 0) is 11.2 Å². The maximum absolute atomic E-state index is 12.3. The van der Waals surface area contributed by atoms with Gasteiger partial charge < -0.3 is 10.1 Å². The monoisotopic (exact) mass is 358 g/mol. The fourth-order valence-corrected chi connectivity index (χ4v) is 3.22. The topological polar surface area (TPSA) is 51.2 Å². The van der Waals surface area contributed by atoms with Crippen LogP contribution in [0.25, 0.3) is 11.3 Å². The first-order valence-electron chi connectivity index (χ1n) is 7.29. The van der Waals surface area contributed by atoms with Crippen LogP contribution in [-0.4, -0.2) is 18.0 Å². The summed E-state index contributed by atoms with van der Waals surface area (Å²) in [4.78, 5) is 16.7. The van der Waals surface area contributed by atoms with E-state index in [-0.39, 0.29) is 12.3 Å². The van der Waals surface area contributed by atoms with Crippen molar-refractivity contribution in [1.82, 2.24) is 4.98 Å². The van der Waals surface area contributed by atoms with Gasteiger partial charge >= 0.3 is 0 Å². The van der Waals surface area contributed by atoms with Crippen molar-refractivity contribution in [3.05, 3.63) is 64.5 Å². The molecule has 0 aliphatic carbocycles. The molecule has 0 saturated heterocycles. The summed E-state index contributed by atoms with van der Waals surface area (Å²) in [6, 6.07) is 15.1. The van der Waals surface area contributed by atoms with Gasteiger partial charge in [-0.3, -0.25) is 4.79 Å². The average molecular weight is 359 g/mol. The highest BCUT2D eigenvalue weighted by molar-refractivity contribution is 7.14. The Morgan fingerprint density at radius 3 is 2.79 bits per heavy atom. The lowest BCUT2D eigenvalue weighted by Gasteiger charge is -2.08. The summed E-state index contributed by atoms with van der Waals surface area (Å²) in [6.45, 7) is 0. The van der Waals surface area contributed by atoms with Crippen LogP contribution < -0.4 is 10.1 Å². The SMILES string of the molecule is COc1ccc(Cl)cc1CC(=O)Nc1nc(-c2ccccc2)cs1. The van der Waals surface area contributed by atoms with Crippen LogP contribution in [0, 0.1) is 0 Å². The van der Waals surface area contributed by atoms with Gasteiger partial charge in [0, 0.05) is 21.5 Å². The Morgan fingerprint density at radius 1 is 1.25 bits per heavy atom. The van der Waals surface area contributed by atoms with E-state index in [1.807, 2.05) is 35.7 Å². The third-order valence-corrected chi connectivity index (χ3v) is 4.41. The van der Waals surface area contributed by atoms with Gasteiger partial charge in [-0.05, 0) is 18.2 Å². The van der Waals surface area contributed by atoms with E-state index < -0.39 is 0 Å².